The minimum atomic E-state index is -0.566. The molecule has 0 atom stereocenters. The minimum absolute atomic E-state index is 0.240. The first-order valence-electron chi connectivity index (χ1n) is 4.19. The molecule has 0 amide bonds. The van der Waals surface area contributed by atoms with Gasteiger partial charge in [0, 0.05) is 6.07 Å². The van der Waals surface area contributed by atoms with E-state index in [1.54, 1.807) is 6.07 Å². The van der Waals surface area contributed by atoms with Crippen LogP contribution in [0, 0.1) is 12.3 Å². The fourth-order valence-corrected chi connectivity index (χ4v) is 1.08. The highest BCUT2D eigenvalue weighted by molar-refractivity contribution is 6.16. The number of nitrogens with zero attached hydrogens (tertiary/aromatic N) is 1. The van der Waals surface area contributed by atoms with Gasteiger partial charge in [-0.05, 0) is 13.8 Å². The highest BCUT2D eigenvalue weighted by atomic mass is 35.5. The number of rotatable bonds is 4. The van der Waals surface area contributed by atoms with Gasteiger partial charge in [0.2, 0.25) is 0 Å². The maximum atomic E-state index is 5.60. The second-order valence-corrected chi connectivity index (χ2v) is 3.59. The summed E-state index contributed by atoms with van der Waals surface area (Å²) < 4.78 is 10.5. The van der Waals surface area contributed by atoms with Crippen LogP contribution in [0.15, 0.2) is 10.6 Å². The molecule has 3 nitrogen and oxygen atoms in total. The van der Waals surface area contributed by atoms with E-state index < -0.39 is 5.60 Å². The first-order valence-corrected chi connectivity index (χ1v) is 4.73. The van der Waals surface area contributed by atoms with E-state index in [2.05, 4.69) is 11.1 Å². The molecular weight excluding hydrogens is 202 g/mol. The van der Waals surface area contributed by atoms with Gasteiger partial charge in [-0.25, -0.2) is 0 Å². The molecule has 0 spiro atoms. The third-order valence-corrected chi connectivity index (χ3v) is 2.08. The van der Waals surface area contributed by atoms with E-state index in [0.29, 0.717) is 17.3 Å². The summed E-state index contributed by atoms with van der Waals surface area (Å²) in [5.74, 6) is 3.36. The van der Waals surface area contributed by atoms with Crippen molar-refractivity contribution in [3.63, 3.8) is 0 Å². The van der Waals surface area contributed by atoms with Crippen LogP contribution in [0.4, 0.5) is 0 Å². The van der Waals surface area contributed by atoms with Crippen molar-refractivity contribution in [2.45, 2.75) is 25.3 Å². The molecule has 4 heteroatoms. The normalized spacial score (nSPS) is 11.3. The number of hydrogen-bond acceptors (Lipinski definition) is 3. The standard InChI is InChI=1S/C10H12ClNO2/c1-4-5-13-10(2,3)9-6-8(7-11)12-14-9/h1,6H,5,7H2,2-3H3. The van der Waals surface area contributed by atoms with E-state index in [9.17, 15) is 0 Å². The van der Waals surface area contributed by atoms with Gasteiger partial charge >= 0.3 is 0 Å². The van der Waals surface area contributed by atoms with Crippen molar-refractivity contribution in [3.8, 4) is 12.3 Å². The Bertz CT molecular complexity index is 338. The predicted molar refractivity (Wildman–Crippen MR) is 53.9 cm³/mol. The first-order chi connectivity index (χ1) is 6.60. The highest BCUT2D eigenvalue weighted by Crippen LogP contribution is 2.25. The first kappa shape index (κ1) is 11.1. The molecule has 0 aliphatic heterocycles. The summed E-state index contributed by atoms with van der Waals surface area (Å²) in [4.78, 5) is 0. The van der Waals surface area contributed by atoms with E-state index in [1.165, 1.54) is 0 Å². The van der Waals surface area contributed by atoms with Gasteiger partial charge in [0.25, 0.3) is 0 Å². The number of terminal acetylenes is 1. The molecule has 0 unspecified atom stereocenters. The maximum absolute atomic E-state index is 5.60. The van der Waals surface area contributed by atoms with Crippen molar-refractivity contribution in [2.75, 3.05) is 6.61 Å². The molecule has 0 aromatic carbocycles. The monoisotopic (exact) mass is 213 g/mol. The lowest BCUT2D eigenvalue weighted by molar-refractivity contribution is -0.0221. The van der Waals surface area contributed by atoms with Crippen LogP contribution in [0.1, 0.15) is 25.3 Å². The lowest BCUT2D eigenvalue weighted by atomic mass is 10.1. The largest absolute Gasteiger partial charge is 0.358 e. The Labute approximate surface area is 88.4 Å². The molecular formula is C10H12ClNO2. The van der Waals surface area contributed by atoms with Crippen LogP contribution in [0.2, 0.25) is 0 Å². The number of alkyl halides is 1. The van der Waals surface area contributed by atoms with Crippen LogP contribution in [-0.2, 0) is 16.2 Å². The molecule has 0 N–H and O–H groups in total. The molecule has 1 rings (SSSR count). The van der Waals surface area contributed by atoms with Gasteiger partial charge < -0.3 is 9.26 Å². The number of halogens is 1. The van der Waals surface area contributed by atoms with Crippen LogP contribution >= 0.6 is 11.6 Å². The van der Waals surface area contributed by atoms with E-state index in [4.69, 9.17) is 27.3 Å². The molecule has 0 aliphatic rings. The van der Waals surface area contributed by atoms with E-state index in [0.717, 1.165) is 0 Å². The SMILES string of the molecule is C#CCOC(C)(C)c1cc(CCl)no1. The number of ether oxygens (including phenoxy) is 1. The van der Waals surface area contributed by atoms with Crippen LogP contribution < -0.4 is 0 Å². The summed E-state index contributed by atoms with van der Waals surface area (Å²) in [6, 6.07) is 1.77. The smallest absolute Gasteiger partial charge is 0.168 e. The van der Waals surface area contributed by atoms with Gasteiger partial charge in [0.15, 0.2) is 5.76 Å². The Morgan fingerprint density at radius 3 is 2.93 bits per heavy atom. The lowest BCUT2D eigenvalue weighted by Gasteiger charge is -2.20. The van der Waals surface area contributed by atoms with Gasteiger partial charge in [0.05, 0.1) is 11.6 Å². The number of hydrogen-bond donors (Lipinski definition) is 0. The molecule has 0 saturated carbocycles. The van der Waals surface area contributed by atoms with E-state index in [-0.39, 0.29) is 6.61 Å². The van der Waals surface area contributed by atoms with Crippen molar-refractivity contribution in [2.24, 2.45) is 0 Å². The zero-order valence-electron chi connectivity index (χ0n) is 8.21. The molecule has 0 bridgehead atoms. The Morgan fingerprint density at radius 2 is 2.43 bits per heavy atom. The average molecular weight is 214 g/mol. The summed E-state index contributed by atoms with van der Waals surface area (Å²) in [5, 5.41) is 3.77. The minimum Gasteiger partial charge on any atom is -0.358 e. The van der Waals surface area contributed by atoms with Crippen molar-refractivity contribution < 1.29 is 9.26 Å². The quantitative estimate of drug-likeness (QED) is 0.569. The zero-order valence-corrected chi connectivity index (χ0v) is 8.97. The molecule has 14 heavy (non-hydrogen) atoms. The van der Waals surface area contributed by atoms with Gasteiger partial charge in [-0.15, -0.1) is 18.0 Å². The Hall–Kier alpha value is -0.980. The molecule has 76 valence electrons. The maximum Gasteiger partial charge on any atom is 0.168 e. The van der Waals surface area contributed by atoms with Crippen molar-refractivity contribution in [1.29, 1.82) is 0 Å². The van der Waals surface area contributed by atoms with Crippen LogP contribution in [0.3, 0.4) is 0 Å². The second kappa shape index (κ2) is 4.50. The Balaban J connectivity index is 2.76. The van der Waals surface area contributed by atoms with Crippen molar-refractivity contribution in [3.05, 3.63) is 17.5 Å². The molecule has 1 heterocycles. The van der Waals surface area contributed by atoms with Crippen molar-refractivity contribution in [1.82, 2.24) is 5.16 Å². The van der Waals surface area contributed by atoms with Crippen LogP contribution in [-0.4, -0.2) is 11.8 Å². The van der Waals surface area contributed by atoms with Crippen molar-refractivity contribution >= 4 is 11.6 Å². The fourth-order valence-electron chi connectivity index (χ4n) is 0.952. The highest BCUT2D eigenvalue weighted by Gasteiger charge is 2.26. The number of aromatic nitrogens is 1. The third kappa shape index (κ3) is 2.50. The summed E-state index contributed by atoms with van der Waals surface area (Å²) in [5.41, 5.74) is 0.128. The van der Waals surface area contributed by atoms with Gasteiger partial charge in [-0.3, -0.25) is 0 Å². The molecule has 0 fully saturated rings. The Morgan fingerprint density at radius 1 is 1.71 bits per heavy atom. The lowest BCUT2D eigenvalue weighted by Crippen LogP contribution is -2.21. The van der Waals surface area contributed by atoms with Gasteiger partial charge in [-0.2, -0.15) is 0 Å². The van der Waals surface area contributed by atoms with E-state index in [1.807, 2.05) is 13.8 Å². The Kier molecular flexibility index (Phi) is 3.56. The fraction of sp³-hybridized carbons (Fsp3) is 0.500. The van der Waals surface area contributed by atoms with Crippen LogP contribution in [0.5, 0.6) is 0 Å². The molecule has 1 aromatic heterocycles. The summed E-state index contributed by atoms with van der Waals surface area (Å²) in [7, 11) is 0. The molecule has 0 aliphatic carbocycles. The van der Waals surface area contributed by atoms with Gasteiger partial charge in [0.1, 0.15) is 12.2 Å². The molecule has 1 aromatic rings. The molecule has 0 saturated heterocycles. The summed E-state index contributed by atoms with van der Waals surface area (Å²) in [6.07, 6.45) is 5.10. The second-order valence-electron chi connectivity index (χ2n) is 3.32. The summed E-state index contributed by atoms with van der Waals surface area (Å²) in [6.45, 7) is 3.97. The third-order valence-electron chi connectivity index (χ3n) is 1.81. The zero-order chi connectivity index (χ0) is 10.6. The van der Waals surface area contributed by atoms with Crippen LogP contribution in [0.25, 0.3) is 0 Å². The van der Waals surface area contributed by atoms with E-state index >= 15 is 0 Å². The topological polar surface area (TPSA) is 35.3 Å². The average Bonchev–Trinajstić information content (AvgIpc) is 2.63. The molecule has 0 radical (unpaired) electrons. The van der Waals surface area contributed by atoms with Gasteiger partial charge in [-0.1, -0.05) is 11.1 Å². The predicted octanol–water partition coefficient (Wildman–Crippen LogP) is 2.30. The summed E-state index contributed by atoms with van der Waals surface area (Å²) >= 11 is 5.60.